The van der Waals surface area contributed by atoms with Gasteiger partial charge in [0.2, 0.25) is 0 Å². The van der Waals surface area contributed by atoms with Crippen LogP contribution in [0.15, 0.2) is 12.4 Å². The molecular weight excluding hydrogens is 329 g/mol. The molecule has 1 saturated carbocycles. The highest BCUT2D eigenvalue weighted by atomic mass is 127. The van der Waals surface area contributed by atoms with E-state index in [1.807, 2.05) is 13.1 Å². The van der Waals surface area contributed by atoms with Crippen LogP contribution in [0.4, 0.5) is 5.82 Å². The Morgan fingerprint density at radius 1 is 1.41 bits per heavy atom. The van der Waals surface area contributed by atoms with Crippen LogP contribution in [-0.2, 0) is 0 Å². The van der Waals surface area contributed by atoms with Crippen LogP contribution in [0.25, 0.3) is 5.82 Å². The zero-order chi connectivity index (χ0) is 12.0. The molecule has 0 unspecified atom stereocenters. The van der Waals surface area contributed by atoms with Gasteiger partial charge >= 0.3 is 0 Å². The molecule has 0 radical (unpaired) electrons. The molecule has 2 aromatic heterocycles. The second-order valence-corrected chi connectivity index (χ2v) is 5.54. The number of halogens is 1. The predicted octanol–water partition coefficient (Wildman–Crippen LogP) is 2.03. The monoisotopic (exact) mass is 341 g/mol. The van der Waals surface area contributed by atoms with E-state index in [0.29, 0.717) is 11.7 Å². The van der Waals surface area contributed by atoms with Gasteiger partial charge in [-0.25, -0.2) is 14.6 Å². The van der Waals surface area contributed by atoms with Crippen molar-refractivity contribution in [3.63, 3.8) is 0 Å². The van der Waals surface area contributed by atoms with E-state index in [2.05, 4.69) is 37.7 Å². The summed E-state index contributed by atoms with van der Waals surface area (Å²) in [5, 5.41) is 4.27. The van der Waals surface area contributed by atoms with Crippen LogP contribution in [0.1, 0.15) is 30.1 Å². The summed E-state index contributed by atoms with van der Waals surface area (Å²) in [4.78, 5) is 8.94. The van der Waals surface area contributed by atoms with Crippen molar-refractivity contribution in [3.05, 3.63) is 27.4 Å². The maximum absolute atomic E-state index is 5.94. The van der Waals surface area contributed by atoms with Gasteiger partial charge in [-0.05, 0) is 42.4 Å². The Kier molecular flexibility index (Phi) is 2.53. The van der Waals surface area contributed by atoms with Crippen molar-refractivity contribution in [3.8, 4) is 5.82 Å². The van der Waals surface area contributed by atoms with Crippen molar-refractivity contribution in [2.75, 3.05) is 5.73 Å². The fraction of sp³-hybridized carbons (Fsp3) is 0.364. The first-order valence-electron chi connectivity index (χ1n) is 5.49. The summed E-state index contributed by atoms with van der Waals surface area (Å²) in [6, 6.07) is 0. The maximum atomic E-state index is 5.94. The number of anilines is 1. The van der Waals surface area contributed by atoms with Crippen molar-refractivity contribution in [2.45, 2.75) is 25.7 Å². The number of hydrogen-bond donors (Lipinski definition) is 1. The summed E-state index contributed by atoms with van der Waals surface area (Å²) in [6.45, 7) is 1.93. The van der Waals surface area contributed by atoms with E-state index >= 15 is 0 Å². The third kappa shape index (κ3) is 2.01. The van der Waals surface area contributed by atoms with Crippen LogP contribution in [0.3, 0.4) is 0 Å². The lowest BCUT2D eigenvalue weighted by Crippen LogP contribution is -2.09. The topological polar surface area (TPSA) is 69.6 Å². The van der Waals surface area contributed by atoms with Crippen LogP contribution in [0.2, 0.25) is 0 Å². The zero-order valence-corrected chi connectivity index (χ0v) is 11.5. The number of rotatable bonds is 2. The molecule has 1 aliphatic rings. The molecule has 3 rings (SSSR count). The molecule has 0 spiro atoms. The third-order valence-electron chi connectivity index (χ3n) is 2.89. The van der Waals surface area contributed by atoms with E-state index < -0.39 is 0 Å². The highest BCUT2D eigenvalue weighted by Crippen LogP contribution is 2.39. The fourth-order valence-electron chi connectivity index (χ4n) is 1.70. The molecule has 6 heteroatoms. The molecule has 88 valence electrons. The normalized spacial score (nSPS) is 15.2. The summed E-state index contributed by atoms with van der Waals surface area (Å²) in [7, 11) is 0. The molecule has 5 nitrogen and oxygen atoms in total. The van der Waals surface area contributed by atoms with E-state index in [1.165, 1.54) is 12.8 Å². The number of aromatic nitrogens is 4. The third-order valence-corrected chi connectivity index (χ3v) is 3.44. The number of hydrogen-bond acceptors (Lipinski definition) is 4. The van der Waals surface area contributed by atoms with Crippen molar-refractivity contribution < 1.29 is 0 Å². The Hall–Kier alpha value is -1.18. The SMILES string of the molecule is Cc1c(N)nc(C2CC2)nc1-n1cc(I)cn1. The quantitative estimate of drug-likeness (QED) is 0.849. The van der Waals surface area contributed by atoms with Crippen molar-refractivity contribution in [1.29, 1.82) is 0 Å². The molecule has 0 amide bonds. The number of nitrogen functional groups attached to an aromatic ring is 1. The second-order valence-electron chi connectivity index (χ2n) is 4.29. The molecule has 17 heavy (non-hydrogen) atoms. The van der Waals surface area contributed by atoms with Gasteiger partial charge in [-0.1, -0.05) is 0 Å². The molecule has 2 aromatic rings. The lowest BCUT2D eigenvalue weighted by Gasteiger charge is -2.09. The molecule has 0 saturated heterocycles. The molecule has 2 heterocycles. The Bertz CT molecular complexity index is 573. The summed E-state index contributed by atoms with van der Waals surface area (Å²) in [5.74, 6) is 2.70. The van der Waals surface area contributed by atoms with E-state index in [-0.39, 0.29) is 0 Å². The molecule has 0 atom stereocenters. The van der Waals surface area contributed by atoms with Gasteiger partial charge in [-0.15, -0.1) is 0 Å². The standard InChI is InChI=1S/C11H12IN5/c1-6-9(13)15-10(7-2-3-7)16-11(6)17-5-8(12)4-14-17/h4-5,7H,2-3H2,1H3,(H2,13,15,16). The van der Waals surface area contributed by atoms with Crippen molar-refractivity contribution in [1.82, 2.24) is 19.7 Å². The molecule has 0 aliphatic heterocycles. The molecule has 1 fully saturated rings. The summed E-state index contributed by atoms with van der Waals surface area (Å²) in [5.41, 5.74) is 6.82. The lowest BCUT2D eigenvalue weighted by molar-refractivity contribution is 0.802. The highest BCUT2D eigenvalue weighted by Gasteiger charge is 2.28. The average molecular weight is 341 g/mol. The number of nitrogens with two attached hydrogens (primary N) is 1. The fourth-order valence-corrected chi connectivity index (χ4v) is 2.09. The minimum Gasteiger partial charge on any atom is -0.383 e. The molecule has 1 aliphatic carbocycles. The largest absolute Gasteiger partial charge is 0.383 e. The Balaban J connectivity index is 2.13. The van der Waals surface area contributed by atoms with Gasteiger partial charge in [0.05, 0.1) is 9.77 Å². The Morgan fingerprint density at radius 3 is 2.76 bits per heavy atom. The van der Waals surface area contributed by atoms with Gasteiger partial charge in [0.15, 0.2) is 5.82 Å². The molecule has 0 bridgehead atoms. The van der Waals surface area contributed by atoms with Crippen molar-refractivity contribution >= 4 is 28.4 Å². The van der Waals surface area contributed by atoms with Gasteiger partial charge < -0.3 is 5.73 Å². The molecular formula is C11H12IN5. The second kappa shape index (κ2) is 3.94. The van der Waals surface area contributed by atoms with Crippen LogP contribution < -0.4 is 5.73 Å². The summed E-state index contributed by atoms with van der Waals surface area (Å²) >= 11 is 2.22. The Labute approximate surface area is 113 Å². The minimum absolute atomic E-state index is 0.492. The van der Waals surface area contributed by atoms with Gasteiger partial charge in [0.25, 0.3) is 0 Å². The zero-order valence-electron chi connectivity index (χ0n) is 9.39. The smallest absolute Gasteiger partial charge is 0.162 e. The first-order chi connectivity index (χ1) is 8.15. The highest BCUT2D eigenvalue weighted by molar-refractivity contribution is 14.1. The van der Waals surface area contributed by atoms with Gasteiger partial charge in [-0.3, -0.25) is 0 Å². The maximum Gasteiger partial charge on any atom is 0.162 e. The van der Waals surface area contributed by atoms with Crippen LogP contribution in [0.5, 0.6) is 0 Å². The summed E-state index contributed by atoms with van der Waals surface area (Å²) in [6.07, 6.45) is 6.07. The first-order valence-corrected chi connectivity index (χ1v) is 6.57. The predicted molar refractivity (Wildman–Crippen MR) is 73.0 cm³/mol. The lowest BCUT2D eigenvalue weighted by atomic mass is 10.3. The summed E-state index contributed by atoms with van der Waals surface area (Å²) < 4.78 is 2.84. The van der Waals surface area contributed by atoms with Crippen LogP contribution >= 0.6 is 22.6 Å². The average Bonchev–Trinajstić information content (AvgIpc) is 3.05. The molecule has 2 N–H and O–H groups in total. The van der Waals surface area contributed by atoms with E-state index in [1.54, 1.807) is 10.9 Å². The van der Waals surface area contributed by atoms with Gasteiger partial charge in [0.1, 0.15) is 11.6 Å². The van der Waals surface area contributed by atoms with Crippen LogP contribution in [-0.4, -0.2) is 19.7 Å². The minimum atomic E-state index is 0.492. The van der Waals surface area contributed by atoms with Crippen LogP contribution in [0, 0.1) is 10.5 Å². The van der Waals surface area contributed by atoms with E-state index in [4.69, 9.17) is 5.73 Å². The molecule has 0 aromatic carbocycles. The van der Waals surface area contributed by atoms with Gasteiger partial charge in [-0.2, -0.15) is 5.10 Å². The Morgan fingerprint density at radius 2 is 2.18 bits per heavy atom. The number of nitrogens with zero attached hydrogens (tertiary/aromatic N) is 4. The van der Waals surface area contributed by atoms with Gasteiger partial charge in [0, 0.05) is 17.7 Å². The van der Waals surface area contributed by atoms with E-state index in [0.717, 1.165) is 20.8 Å². The van der Waals surface area contributed by atoms with Crippen molar-refractivity contribution in [2.24, 2.45) is 0 Å². The van der Waals surface area contributed by atoms with E-state index in [9.17, 15) is 0 Å². The first kappa shape index (κ1) is 10.9.